The first-order valence-electron chi connectivity index (χ1n) is 5.71. The lowest BCUT2D eigenvalue weighted by molar-refractivity contribution is 0.102. The third-order valence-electron chi connectivity index (χ3n) is 2.61. The highest BCUT2D eigenvalue weighted by molar-refractivity contribution is 9.10. The lowest BCUT2D eigenvalue weighted by Crippen LogP contribution is -2.14. The Hall–Kier alpha value is -1.68. The summed E-state index contributed by atoms with van der Waals surface area (Å²) < 4.78 is 0.855. The number of carbonyl (C=O) groups is 1. The quantitative estimate of drug-likeness (QED) is 0.940. The Morgan fingerprint density at radius 1 is 1.28 bits per heavy atom. The van der Waals surface area contributed by atoms with Crippen LogP contribution in [0, 0.1) is 0 Å². The summed E-state index contributed by atoms with van der Waals surface area (Å²) in [5.41, 5.74) is 2.36. The minimum atomic E-state index is -0.191. The highest BCUT2D eigenvalue weighted by Crippen LogP contribution is 2.16. The standard InChI is InChI=1S/C14H13BrN2O/c1-2-10-5-3-4-6-12(10)17-14(18)13-8-7-11(15)9-16-13/h3-9H,2H2,1H3,(H,17,18). The zero-order valence-corrected chi connectivity index (χ0v) is 11.6. The largest absolute Gasteiger partial charge is 0.320 e. The number of nitrogens with zero attached hydrogens (tertiary/aromatic N) is 1. The minimum absolute atomic E-state index is 0.191. The van der Waals surface area contributed by atoms with Crippen molar-refractivity contribution in [3.63, 3.8) is 0 Å². The van der Waals surface area contributed by atoms with Crippen molar-refractivity contribution in [2.75, 3.05) is 5.32 Å². The molecule has 0 radical (unpaired) electrons. The maximum atomic E-state index is 12.0. The number of para-hydroxylation sites is 1. The molecule has 1 aromatic carbocycles. The molecule has 2 rings (SSSR count). The summed E-state index contributed by atoms with van der Waals surface area (Å²) in [4.78, 5) is 16.1. The fourth-order valence-electron chi connectivity index (χ4n) is 1.65. The van der Waals surface area contributed by atoms with Crippen LogP contribution in [0.25, 0.3) is 0 Å². The second-order valence-corrected chi connectivity index (χ2v) is 4.74. The fraction of sp³-hybridized carbons (Fsp3) is 0.143. The topological polar surface area (TPSA) is 42.0 Å². The summed E-state index contributed by atoms with van der Waals surface area (Å²) >= 11 is 3.29. The van der Waals surface area contributed by atoms with E-state index in [-0.39, 0.29) is 5.91 Å². The summed E-state index contributed by atoms with van der Waals surface area (Å²) in [5.74, 6) is -0.191. The van der Waals surface area contributed by atoms with Crippen LogP contribution in [0.4, 0.5) is 5.69 Å². The molecule has 18 heavy (non-hydrogen) atoms. The van der Waals surface area contributed by atoms with E-state index in [1.54, 1.807) is 18.3 Å². The van der Waals surface area contributed by atoms with E-state index in [1.165, 1.54) is 0 Å². The number of pyridine rings is 1. The van der Waals surface area contributed by atoms with E-state index in [9.17, 15) is 4.79 Å². The molecule has 1 N–H and O–H groups in total. The van der Waals surface area contributed by atoms with Gasteiger partial charge >= 0.3 is 0 Å². The maximum Gasteiger partial charge on any atom is 0.274 e. The van der Waals surface area contributed by atoms with Crippen molar-refractivity contribution in [3.8, 4) is 0 Å². The predicted molar refractivity (Wildman–Crippen MR) is 75.7 cm³/mol. The number of amides is 1. The van der Waals surface area contributed by atoms with E-state index in [4.69, 9.17) is 0 Å². The second kappa shape index (κ2) is 5.78. The monoisotopic (exact) mass is 304 g/mol. The summed E-state index contributed by atoms with van der Waals surface area (Å²) in [5, 5.41) is 2.88. The first-order chi connectivity index (χ1) is 8.70. The Morgan fingerprint density at radius 3 is 2.72 bits per heavy atom. The van der Waals surface area contributed by atoms with Gasteiger partial charge in [0.1, 0.15) is 5.69 Å². The molecule has 92 valence electrons. The molecule has 0 saturated heterocycles. The first-order valence-corrected chi connectivity index (χ1v) is 6.51. The fourth-order valence-corrected chi connectivity index (χ4v) is 1.88. The van der Waals surface area contributed by atoms with Crippen LogP contribution in [0.1, 0.15) is 23.0 Å². The summed E-state index contributed by atoms with van der Waals surface area (Å²) in [6.07, 6.45) is 2.49. The van der Waals surface area contributed by atoms with E-state index < -0.39 is 0 Å². The predicted octanol–water partition coefficient (Wildman–Crippen LogP) is 3.66. The van der Waals surface area contributed by atoms with Crippen molar-refractivity contribution >= 4 is 27.5 Å². The lowest BCUT2D eigenvalue weighted by Gasteiger charge is -2.09. The van der Waals surface area contributed by atoms with E-state index in [0.717, 1.165) is 22.1 Å². The van der Waals surface area contributed by atoms with Gasteiger partial charge in [-0.3, -0.25) is 4.79 Å². The molecule has 0 fully saturated rings. The smallest absolute Gasteiger partial charge is 0.274 e. The third kappa shape index (κ3) is 2.96. The average Bonchev–Trinajstić information content (AvgIpc) is 2.40. The van der Waals surface area contributed by atoms with Gasteiger partial charge in [-0.15, -0.1) is 0 Å². The average molecular weight is 305 g/mol. The molecule has 0 spiro atoms. The van der Waals surface area contributed by atoms with Gasteiger partial charge in [0.05, 0.1) is 0 Å². The summed E-state index contributed by atoms with van der Waals surface area (Å²) in [6, 6.07) is 11.3. The van der Waals surface area contributed by atoms with Crippen LogP contribution in [0.3, 0.4) is 0 Å². The number of anilines is 1. The number of hydrogen-bond donors (Lipinski definition) is 1. The molecule has 0 aliphatic heterocycles. The SMILES string of the molecule is CCc1ccccc1NC(=O)c1ccc(Br)cn1. The molecule has 4 heteroatoms. The van der Waals surface area contributed by atoms with E-state index >= 15 is 0 Å². The Balaban J connectivity index is 2.18. The minimum Gasteiger partial charge on any atom is -0.320 e. The number of rotatable bonds is 3. The Morgan fingerprint density at radius 2 is 2.06 bits per heavy atom. The van der Waals surface area contributed by atoms with Gasteiger partial charge in [0.15, 0.2) is 0 Å². The normalized spacial score (nSPS) is 10.1. The van der Waals surface area contributed by atoms with Crippen LogP contribution in [0.2, 0.25) is 0 Å². The van der Waals surface area contributed by atoms with E-state index in [0.29, 0.717) is 5.69 Å². The van der Waals surface area contributed by atoms with Crippen molar-refractivity contribution in [1.82, 2.24) is 4.98 Å². The van der Waals surface area contributed by atoms with Crippen molar-refractivity contribution in [2.24, 2.45) is 0 Å². The van der Waals surface area contributed by atoms with Gasteiger partial charge in [0.25, 0.3) is 5.91 Å². The van der Waals surface area contributed by atoms with Gasteiger partial charge in [-0.2, -0.15) is 0 Å². The van der Waals surface area contributed by atoms with Crippen molar-refractivity contribution in [1.29, 1.82) is 0 Å². The van der Waals surface area contributed by atoms with Gasteiger partial charge in [0, 0.05) is 16.4 Å². The highest BCUT2D eigenvalue weighted by Gasteiger charge is 2.09. The summed E-state index contributed by atoms with van der Waals surface area (Å²) in [7, 11) is 0. The zero-order chi connectivity index (χ0) is 13.0. The molecule has 0 saturated carbocycles. The Labute approximate surface area is 114 Å². The second-order valence-electron chi connectivity index (χ2n) is 3.83. The van der Waals surface area contributed by atoms with Gasteiger partial charge in [-0.25, -0.2) is 4.98 Å². The third-order valence-corrected chi connectivity index (χ3v) is 3.08. The molecule has 0 aliphatic rings. The number of halogens is 1. The maximum absolute atomic E-state index is 12.0. The summed E-state index contributed by atoms with van der Waals surface area (Å²) in [6.45, 7) is 2.06. The number of hydrogen-bond acceptors (Lipinski definition) is 2. The van der Waals surface area contributed by atoms with Crippen LogP contribution in [0.15, 0.2) is 47.1 Å². The molecular weight excluding hydrogens is 292 g/mol. The van der Waals surface area contributed by atoms with Crippen molar-refractivity contribution < 1.29 is 4.79 Å². The van der Waals surface area contributed by atoms with Crippen LogP contribution in [-0.2, 0) is 6.42 Å². The molecule has 0 aliphatic carbocycles. The molecular formula is C14H13BrN2O. The van der Waals surface area contributed by atoms with Crippen LogP contribution in [0.5, 0.6) is 0 Å². The number of nitrogens with one attached hydrogen (secondary N) is 1. The number of aromatic nitrogens is 1. The number of aryl methyl sites for hydroxylation is 1. The van der Waals surface area contributed by atoms with E-state index in [2.05, 4.69) is 33.2 Å². The molecule has 0 bridgehead atoms. The Bertz CT molecular complexity index is 552. The van der Waals surface area contributed by atoms with Crippen molar-refractivity contribution in [2.45, 2.75) is 13.3 Å². The zero-order valence-electron chi connectivity index (χ0n) is 9.98. The molecule has 0 unspecified atom stereocenters. The van der Waals surface area contributed by atoms with Crippen LogP contribution < -0.4 is 5.32 Å². The van der Waals surface area contributed by atoms with Crippen LogP contribution >= 0.6 is 15.9 Å². The molecule has 3 nitrogen and oxygen atoms in total. The molecule has 1 heterocycles. The first kappa shape index (κ1) is 12.8. The highest BCUT2D eigenvalue weighted by atomic mass is 79.9. The number of benzene rings is 1. The molecule has 1 aromatic heterocycles. The van der Waals surface area contributed by atoms with Gasteiger partial charge in [-0.05, 0) is 46.1 Å². The van der Waals surface area contributed by atoms with Crippen molar-refractivity contribution in [3.05, 3.63) is 58.3 Å². The number of carbonyl (C=O) groups excluding carboxylic acids is 1. The van der Waals surface area contributed by atoms with Gasteiger partial charge in [0.2, 0.25) is 0 Å². The van der Waals surface area contributed by atoms with Gasteiger partial charge in [-0.1, -0.05) is 25.1 Å². The lowest BCUT2D eigenvalue weighted by atomic mass is 10.1. The van der Waals surface area contributed by atoms with Gasteiger partial charge < -0.3 is 5.32 Å². The Kier molecular flexibility index (Phi) is 4.10. The molecule has 1 amide bonds. The molecule has 2 aromatic rings. The van der Waals surface area contributed by atoms with Crippen LogP contribution in [-0.4, -0.2) is 10.9 Å². The molecule has 0 atom stereocenters. The van der Waals surface area contributed by atoms with E-state index in [1.807, 2.05) is 24.3 Å².